The molecule has 2 rings (SSSR count). The van der Waals surface area contributed by atoms with Gasteiger partial charge in [0.1, 0.15) is 11.4 Å². The molecule has 23 heavy (non-hydrogen) atoms. The number of rotatable bonds is 5. The van der Waals surface area contributed by atoms with E-state index in [9.17, 15) is 9.18 Å². The number of hydrogen-bond donors (Lipinski definition) is 1. The van der Waals surface area contributed by atoms with E-state index in [0.29, 0.717) is 16.6 Å². The molecule has 3 nitrogen and oxygen atoms in total. The largest absolute Gasteiger partial charge is 0.443 e. The lowest BCUT2D eigenvalue weighted by Gasteiger charge is -2.24. The number of ether oxygens (including phenoxy) is 1. The first-order chi connectivity index (χ1) is 10.8. The van der Waals surface area contributed by atoms with Crippen LogP contribution in [0.25, 0.3) is 10.8 Å². The summed E-state index contributed by atoms with van der Waals surface area (Å²) in [5.74, 6) is -0.298. The average Bonchev–Trinajstić information content (AvgIpc) is 2.47. The van der Waals surface area contributed by atoms with Gasteiger partial charge in [-0.05, 0) is 71.6 Å². The smallest absolute Gasteiger partial charge is 0.412 e. The summed E-state index contributed by atoms with van der Waals surface area (Å²) in [7, 11) is 0. The fraction of sp³-hybridized carbons (Fsp3) is 0.278. The van der Waals surface area contributed by atoms with Gasteiger partial charge in [-0.25, -0.2) is 9.18 Å². The van der Waals surface area contributed by atoms with Crippen molar-refractivity contribution in [3.05, 3.63) is 53.3 Å². The van der Waals surface area contributed by atoms with Crippen LogP contribution in [0.15, 0.2) is 47.5 Å². The van der Waals surface area contributed by atoms with Gasteiger partial charge < -0.3 is 4.74 Å². The number of allylic oxidation sites excluding steroid dienone is 1. The summed E-state index contributed by atoms with van der Waals surface area (Å²) >= 11 is 3.45. The highest BCUT2D eigenvalue weighted by Crippen LogP contribution is 2.32. The Morgan fingerprint density at radius 2 is 2.13 bits per heavy atom. The molecular formula is C18H19BrFNO2. The summed E-state index contributed by atoms with van der Waals surface area (Å²) < 4.78 is 19.4. The van der Waals surface area contributed by atoms with Crippen molar-refractivity contribution < 1.29 is 13.9 Å². The molecule has 0 atom stereocenters. The SMILES string of the molecule is C=CCCC(C)(C)OC(=O)Nc1ccc2cc(F)ccc2c1Br. The number of hydrogen-bond acceptors (Lipinski definition) is 2. The van der Waals surface area contributed by atoms with Gasteiger partial charge in [0.2, 0.25) is 0 Å². The van der Waals surface area contributed by atoms with Crippen LogP contribution in [0.3, 0.4) is 0 Å². The highest BCUT2D eigenvalue weighted by Gasteiger charge is 2.22. The summed E-state index contributed by atoms with van der Waals surface area (Å²) in [6.45, 7) is 7.38. The maximum absolute atomic E-state index is 13.3. The zero-order chi connectivity index (χ0) is 17.0. The maximum atomic E-state index is 13.3. The van der Waals surface area contributed by atoms with E-state index in [4.69, 9.17) is 4.74 Å². The van der Waals surface area contributed by atoms with Gasteiger partial charge in [0.25, 0.3) is 0 Å². The number of amides is 1. The summed E-state index contributed by atoms with van der Waals surface area (Å²) in [5, 5.41) is 4.29. The third kappa shape index (κ3) is 4.55. The molecular weight excluding hydrogens is 361 g/mol. The Kier molecular flexibility index (Phi) is 5.42. The molecule has 0 spiro atoms. The molecule has 0 unspecified atom stereocenters. The third-order valence-corrected chi connectivity index (χ3v) is 4.33. The second-order valence-electron chi connectivity index (χ2n) is 5.89. The Morgan fingerprint density at radius 3 is 2.83 bits per heavy atom. The quantitative estimate of drug-likeness (QED) is 0.643. The van der Waals surface area contributed by atoms with Crippen molar-refractivity contribution in [2.24, 2.45) is 0 Å². The van der Waals surface area contributed by atoms with E-state index in [1.165, 1.54) is 12.1 Å². The zero-order valence-electron chi connectivity index (χ0n) is 13.2. The predicted molar refractivity (Wildman–Crippen MR) is 95.2 cm³/mol. The van der Waals surface area contributed by atoms with Crippen molar-refractivity contribution >= 4 is 38.5 Å². The van der Waals surface area contributed by atoms with Gasteiger partial charge in [0.05, 0.1) is 5.69 Å². The van der Waals surface area contributed by atoms with Crippen molar-refractivity contribution in [2.75, 3.05) is 5.32 Å². The fourth-order valence-electron chi connectivity index (χ4n) is 2.25. The Morgan fingerprint density at radius 1 is 1.39 bits per heavy atom. The van der Waals surface area contributed by atoms with E-state index in [-0.39, 0.29) is 5.82 Å². The number of carbonyl (C=O) groups is 1. The van der Waals surface area contributed by atoms with Crippen molar-refractivity contribution in [3.63, 3.8) is 0 Å². The van der Waals surface area contributed by atoms with Crippen molar-refractivity contribution in [2.45, 2.75) is 32.3 Å². The number of anilines is 1. The lowest BCUT2D eigenvalue weighted by molar-refractivity contribution is 0.0432. The van der Waals surface area contributed by atoms with E-state index in [1.54, 1.807) is 24.3 Å². The third-order valence-electron chi connectivity index (χ3n) is 3.47. The maximum Gasteiger partial charge on any atom is 0.412 e. The van der Waals surface area contributed by atoms with Crippen LogP contribution < -0.4 is 5.32 Å². The molecule has 0 fully saturated rings. The van der Waals surface area contributed by atoms with E-state index in [0.717, 1.165) is 17.2 Å². The Hall–Kier alpha value is -1.88. The number of halogens is 2. The van der Waals surface area contributed by atoms with Crippen LogP contribution in [-0.4, -0.2) is 11.7 Å². The first kappa shape index (κ1) is 17.5. The monoisotopic (exact) mass is 379 g/mol. The molecule has 0 aliphatic heterocycles. The van der Waals surface area contributed by atoms with Crippen LogP contribution in [-0.2, 0) is 4.74 Å². The average molecular weight is 380 g/mol. The molecule has 1 N–H and O–H groups in total. The van der Waals surface area contributed by atoms with Gasteiger partial charge in [-0.15, -0.1) is 6.58 Å². The molecule has 122 valence electrons. The van der Waals surface area contributed by atoms with Crippen LogP contribution in [0, 0.1) is 5.82 Å². The fourth-order valence-corrected chi connectivity index (χ4v) is 2.84. The highest BCUT2D eigenvalue weighted by atomic mass is 79.9. The van der Waals surface area contributed by atoms with Crippen LogP contribution in [0.5, 0.6) is 0 Å². The minimum Gasteiger partial charge on any atom is -0.443 e. The van der Waals surface area contributed by atoms with Crippen LogP contribution in [0.1, 0.15) is 26.7 Å². The van der Waals surface area contributed by atoms with Gasteiger partial charge in [-0.2, -0.15) is 0 Å². The molecule has 0 aliphatic carbocycles. The van der Waals surface area contributed by atoms with E-state index in [2.05, 4.69) is 27.8 Å². The van der Waals surface area contributed by atoms with Gasteiger partial charge in [-0.1, -0.05) is 18.2 Å². The molecule has 5 heteroatoms. The minimum absolute atomic E-state index is 0.298. The molecule has 0 radical (unpaired) electrons. The van der Waals surface area contributed by atoms with Gasteiger partial charge in [-0.3, -0.25) is 5.32 Å². The Labute approximate surface area is 143 Å². The lowest BCUT2D eigenvalue weighted by atomic mass is 10.0. The molecule has 0 aromatic heterocycles. The molecule has 2 aromatic rings. The standard InChI is InChI=1S/C18H19BrFNO2/c1-4-5-10-18(2,3)23-17(22)21-15-9-6-12-11-13(20)7-8-14(12)16(15)19/h4,6-9,11H,1,5,10H2,2-3H3,(H,21,22). The molecule has 0 saturated carbocycles. The molecule has 0 bridgehead atoms. The lowest BCUT2D eigenvalue weighted by Crippen LogP contribution is -2.30. The minimum atomic E-state index is -0.579. The normalized spacial score (nSPS) is 11.3. The molecule has 2 aromatic carbocycles. The van der Waals surface area contributed by atoms with Gasteiger partial charge in [0, 0.05) is 4.47 Å². The van der Waals surface area contributed by atoms with Crippen molar-refractivity contribution in [1.82, 2.24) is 0 Å². The van der Waals surface area contributed by atoms with E-state index < -0.39 is 11.7 Å². The predicted octanol–water partition coefficient (Wildman–Crippen LogP) is 6.03. The van der Waals surface area contributed by atoms with Crippen molar-refractivity contribution in [1.29, 1.82) is 0 Å². The molecule has 1 amide bonds. The van der Waals surface area contributed by atoms with E-state index >= 15 is 0 Å². The van der Waals surface area contributed by atoms with Gasteiger partial charge in [0.15, 0.2) is 0 Å². The number of benzene rings is 2. The number of fused-ring (bicyclic) bond motifs is 1. The highest BCUT2D eigenvalue weighted by molar-refractivity contribution is 9.10. The van der Waals surface area contributed by atoms with Crippen molar-refractivity contribution in [3.8, 4) is 0 Å². The Bertz CT molecular complexity index is 743. The second-order valence-corrected chi connectivity index (χ2v) is 6.69. The summed E-state index contributed by atoms with van der Waals surface area (Å²) in [4.78, 5) is 12.1. The summed E-state index contributed by atoms with van der Waals surface area (Å²) in [6.07, 6.45) is 2.73. The first-order valence-corrected chi connectivity index (χ1v) is 8.10. The number of carbonyl (C=O) groups excluding carboxylic acids is 1. The molecule has 0 aliphatic rings. The molecule has 0 heterocycles. The Balaban J connectivity index is 2.15. The second kappa shape index (κ2) is 7.13. The summed E-state index contributed by atoms with van der Waals surface area (Å²) in [5.41, 5.74) is -0.00121. The van der Waals surface area contributed by atoms with E-state index in [1.807, 2.05) is 13.8 Å². The zero-order valence-corrected chi connectivity index (χ0v) is 14.7. The summed E-state index contributed by atoms with van der Waals surface area (Å²) in [6, 6.07) is 7.96. The van der Waals surface area contributed by atoms with Crippen LogP contribution in [0.2, 0.25) is 0 Å². The van der Waals surface area contributed by atoms with Crippen LogP contribution in [0.4, 0.5) is 14.9 Å². The first-order valence-electron chi connectivity index (χ1n) is 7.31. The molecule has 0 saturated heterocycles. The van der Waals surface area contributed by atoms with Crippen LogP contribution >= 0.6 is 15.9 Å². The van der Waals surface area contributed by atoms with Gasteiger partial charge >= 0.3 is 6.09 Å². The topological polar surface area (TPSA) is 38.3 Å². The number of nitrogens with one attached hydrogen (secondary N) is 1.